The maximum absolute atomic E-state index is 13.6. The van der Waals surface area contributed by atoms with Gasteiger partial charge < -0.3 is 9.63 Å². The second kappa shape index (κ2) is 3.77. The fourth-order valence-electron chi connectivity index (χ4n) is 1.49. The molecule has 4 nitrogen and oxygen atoms in total. The normalized spacial score (nSPS) is 10.4. The smallest absolute Gasteiger partial charge is 0.341 e. The van der Waals surface area contributed by atoms with E-state index in [4.69, 9.17) is 9.63 Å². The lowest BCUT2D eigenvalue weighted by atomic mass is 10.0. The summed E-state index contributed by atoms with van der Waals surface area (Å²) in [6, 6.07) is 4.47. The average molecular weight is 221 g/mol. The van der Waals surface area contributed by atoms with Crippen molar-refractivity contribution in [2.45, 2.75) is 6.92 Å². The molecule has 0 radical (unpaired) electrons. The van der Waals surface area contributed by atoms with Crippen molar-refractivity contribution in [2.75, 3.05) is 0 Å². The summed E-state index contributed by atoms with van der Waals surface area (Å²) in [5.41, 5.74) is 0.588. The van der Waals surface area contributed by atoms with E-state index in [1.807, 2.05) is 0 Å². The lowest BCUT2D eigenvalue weighted by molar-refractivity contribution is 0.0697. The van der Waals surface area contributed by atoms with Gasteiger partial charge in [-0.25, -0.2) is 9.18 Å². The molecule has 2 aromatic rings. The Labute approximate surface area is 90.3 Å². The maximum atomic E-state index is 13.6. The van der Waals surface area contributed by atoms with Crippen LogP contribution in [0.5, 0.6) is 0 Å². The van der Waals surface area contributed by atoms with E-state index >= 15 is 0 Å². The molecule has 0 amide bonds. The number of halogens is 1. The summed E-state index contributed by atoms with van der Waals surface area (Å²) in [7, 11) is 0. The molecule has 5 heteroatoms. The zero-order chi connectivity index (χ0) is 11.7. The SMILES string of the molecule is Cc1cccc(F)c1-c1oncc1C(=O)O. The highest BCUT2D eigenvalue weighted by Gasteiger charge is 2.21. The first-order valence-electron chi connectivity index (χ1n) is 4.54. The number of rotatable bonds is 2. The molecule has 1 heterocycles. The van der Waals surface area contributed by atoms with Crippen LogP contribution < -0.4 is 0 Å². The highest BCUT2D eigenvalue weighted by atomic mass is 19.1. The summed E-state index contributed by atoms with van der Waals surface area (Å²) in [6.45, 7) is 1.67. The predicted octanol–water partition coefficient (Wildman–Crippen LogP) is 2.49. The molecule has 0 bridgehead atoms. The first-order valence-corrected chi connectivity index (χ1v) is 4.54. The summed E-state index contributed by atoms with van der Waals surface area (Å²) in [5, 5.41) is 12.3. The van der Waals surface area contributed by atoms with Gasteiger partial charge in [-0.2, -0.15) is 0 Å². The molecule has 0 saturated heterocycles. The van der Waals surface area contributed by atoms with Crippen LogP contribution in [0.25, 0.3) is 11.3 Å². The molecule has 0 saturated carbocycles. The molecule has 0 spiro atoms. The zero-order valence-corrected chi connectivity index (χ0v) is 8.40. The Balaban J connectivity index is 2.68. The first-order chi connectivity index (χ1) is 7.61. The van der Waals surface area contributed by atoms with Gasteiger partial charge in [0, 0.05) is 0 Å². The highest BCUT2D eigenvalue weighted by Crippen LogP contribution is 2.29. The standard InChI is InChI=1S/C11H8FNO3/c1-6-3-2-4-8(12)9(6)10-7(11(14)15)5-13-16-10/h2-5H,1H3,(H,14,15). The molecule has 0 unspecified atom stereocenters. The van der Waals surface area contributed by atoms with Crippen LogP contribution in [-0.2, 0) is 0 Å². The molecule has 0 aliphatic heterocycles. The number of hydrogen-bond donors (Lipinski definition) is 1. The predicted molar refractivity (Wildman–Crippen MR) is 53.6 cm³/mol. The van der Waals surface area contributed by atoms with Crippen molar-refractivity contribution in [3.63, 3.8) is 0 Å². The van der Waals surface area contributed by atoms with Gasteiger partial charge in [-0.1, -0.05) is 17.3 Å². The van der Waals surface area contributed by atoms with E-state index in [2.05, 4.69) is 5.16 Å². The minimum atomic E-state index is -1.20. The van der Waals surface area contributed by atoms with Gasteiger partial charge in [0.05, 0.1) is 11.8 Å². The molecule has 0 fully saturated rings. The third kappa shape index (κ3) is 1.56. The highest BCUT2D eigenvalue weighted by molar-refractivity contribution is 5.94. The van der Waals surface area contributed by atoms with Crippen molar-refractivity contribution in [2.24, 2.45) is 0 Å². The summed E-state index contributed by atoms with van der Waals surface area (Å²) >= 11 is 0. The third-order valence-corrected chi connectivity index (χ3v) is 2.25. The second-order valence-corrected chi connectivity index (χ2v) is 3.31. The summed E-state index contributed by atoms with van der Waals surface area (Å²) in [5.74, 6) is -1.78. The second-order valence-electron chi connectivity index (χ2n) is 3.31. The van der Waals surface area contributed by atoms with Gasteiger partial charge in [0.15, 0.2) is 5.76 Å². The maximum Gasteiger partial charge on any atom is 0.341 e. The van der Waals surface area contributed by atoms with E-state index in [-0.39, 0.29) is 16.9 Å². The number of nitrogens with zero attached hydrogens (tertiary/aromatic N) is 1. The number of aromatic carboxylic acids is 1. The van der Waals surface area contributed by atoms with Crippen LogP contribution in [0.2, 0.25) is 0 Å². The van der Waals surface area contributed by atoms with Crippen LogP contribution in [0.15, 0.2) is 28.9 Å². The number of carboxylic acid groups (broad SMARTS) is 1. The van der Waals surface area contributed by atoms with E-state index in [9.17, 15) is 9.18 Å². The zero-order valence-electron chi connectivity index (χ0n) is 8.40. The Morgan fingerprint density at radius 3 is 2.88 bits per heavy atom. The molecule has 1 N–H and O–H groups in total. The summed E-state index contributed by atoms with van der Waals surface area (Å²) in [6.07, 6.45) is 1.06. The summed E-state index contributed by atoms with van der Waals surface area (Å²) < 4.78 is 18.4. The van der Waals surface area contributed by atoms with Crippen LogP contribution in [-0.4, -0.2) is 16.2 Å². The summed E-state index contributed by atoms with van der Waals surface area (Å²) in [4.78, 5) is 10.9. The van der Waals surface area contributed by atoms with Gasteiger partial charge in [-0.05, 0) is 18.6 Å². The average Bonchev–Trinajstić information content (AvgIpc) is 2.66. The number of benzene rings is 1. The molecule has 1 aromatic heterocycles. The van der Waals surface area contributed by atoms with E-state index in [0.29, 0.717) is 5.56 Å². The van der Waals surface area contributed by atoms with E-state index in [1.54, 1.807) is 19.1 Å². The number of hydrogen-bond acceptors (Lipinski definition) is 3. The Bertz CT molecular complexity index is 528. The topological polar surface area (TPSA) is 63.3 Å². The van der Waals surface area contributed by atoms with Gasteiger partial charge in [0.25, 0.3) is 0 Å². The Morgan fingerprint density at radius 2 is 2.25 bits per heavy atom. The monoisotopic (exact) mass is 221 g/mol. The number of carboxylic acids is 1. The Kier molecular flexibility index (Phi) is 2.44. The molecule has 0 aliphatic carbocycles. The number of aromatic nitrogens is 1. The fourth-order valence-corrected chi connectivity index (χ4v) is 1.49. The van der Waals surface area contributed by atoms with Crippen molar-refractivity contribution >= 4 is 5.97 Å². The van der Waals surface area contributed by atoms with Crippen molar-refractivity contribution in [1.29, 1.82) is 0 Å². The third-order valence-electron chi connectivity index (χ3n) is 2.25. The Hall–Kier alpha value is -2.17. The van der Waals surface area contributed by atoms with Gasteiger partial charge in [-0.15, -0.1) is 0 Å². The van der Waals surface area contributed by atoms with Crippen molar-refractivity contribution in [3.05, 3.63) is 41.3 Å². The number of aryl methyl sites for hydroxylation is 1. The van der Waals surface area contributed by atoms with Crippen LogP contribution in [0, 0.1) is 12.7 Å². The van der Waals surface area contributed by atoms with Gasteiger partial charge in [0.2, 0.25) is 0 Å². The van der Waals surface area contributed by atoms with Crippen LogP contribution in [0.3, 0.4) is 0 Å². The molecule has 0 atom stereocenters. The van der Waals surface area contributed by atoms with Crippen LogP contribution in [0.4, 0.5) is 4.39 Å². The minimum Gasteiger partial charge on any atom is -0.477 e. The van der Waals surface area contributed by atoms with E-state index in [1.165, 1.54) is 6.07 Å². The molecule has 16 heavy (non-hydrogen) atoms. The van der Waals surface area contributed by atoms with Crippen molar-refractivity contribution < 1.29 is 18.8 Å². The lowest BCUT2D eigenvalue weighted by Gasteiger charge is -2.03. The quantitative estimate of drug-likeness (QED) is 0.846. The molecular formula is C11H8FNO3. The van der Waals surface area contributed by atoms with Gasteiger partial charge in [0.1, 0.15) is 11.4 Å². The van der Waals surface area contributed by atoms with Crippen LogP contribution in [0.1, 0.15) is 15.9 Å². The van der Waals surface area contributed by atoms with Crippen molar-refractivity contribution in [1.82, 2.24) is 5.16 Å². The van der Waals surface area contributed by atoms with Crippen LogP contribution >= 0.6 is 0 Å². The fraction of sp³-hybridized carbons (Fsp3) is 0.0909. The van der Waals surface area contributed by atoms with E-state index in [0.717, 1.165) is 6.20 Å². The molecule has 2 rings (SSSR count). The molecular weight excluding hydrogens is 213 g/mol. The molecule has 0 aliphatic rings. The Morgan fingerprint density at radius 1 is 1.50 bits per heavy atom. The largest absolute Gasteiger partial charge is 0.477 e. The van der Waals surface area contributed by atoms with Crippen molar-refractivity contribution in [3.8, 4) is 11.3 Å². The molecule has 82 valence electrons. The van der Waals surface area contributed by atoms with E-state index < -0.39 is 11.8 Å². The minimum absolute atomic E-state index is 0.0527. The van der Waals surface area contributed by atoms with Gasteiger partial charge >= 0.3 is 5.97 Å². The van der Waals surface area contributed by atoms with Gasteiger partial charge in [-0.3, -0.25) is 0 Å². The number of carbonyl (C=O) groups is 1. The first kappa shape index (κ1) is 10.4. The molecule has 1 aromatic carbocycles. The lowest BCUT2D eigenvalue weighted by Crippen LogP contribution is -1.98.